The average Bonchev–Trinajstić information content (AvgIpc) is 2.97. The number of likely N-dealkylation sites (tertiary alicyclic amines) is 1. The van der Waals surface area contributed by atoms with Gasteiger partial charge in [0.05, 0.1) is 6.10 Å². The van der Waals surface area contributed by atoms with Gasteiger partial charge in [-0.2, -0.15) is 0 Å². The summed E-state index contributed by atoms with van der Waals surface area (Å²) in [6.07, 6.45) is 5.95. The molecule has 2 amide bonds. The SMILES string of the molecule is O=C(O)C(CCN(CCCCc1ccc2c(n1)NCCC2)CCOc1ccccc1)NC(=O)N1CCC(O)CC1. The second-order valence-corrected chi connectivity index (χ2v) is 10.6. The van der Waals surface area contributed by atoms with E-state index in [4.69, 9.17) is 9.72 Å². The number of fused-ring (bicyclic) bond motifs is 1. The molecule has 1 unspecified atom stereocenters. The number of pyridine rings is 1. The number of aliphatic hydroxyl groups excluding tert-OH is 1. The molecule has 1 saturated heterocycles. The number of carboxylic acids is 1. The number of carbonyl (C=O) groups is 2. The number of unbranched alkanes of at least 4 members (excludes halogenated alkanes) is 1. The first kappa shape index (κ1) is 29.6. The Kier molecular flexibility index (Phi) is 11.4. The van der Waals surface area contributed by atoms with Crippen molar-refractivity contribution in [3.63, 3.8) is 0 Å². The van der Waals surface area contributed by atoms with Crippen LogP contribution in [0.1, 0.15) is 49.8 Å². The third-order valence-corrected chi connectivity index (χ3v) is 7.61. The number of aromatic nitrogens is 1. The Morgan fingerprint density at radius 1 is 1.10 bits per heavy atom. The van der Waals surface area contributed by atoms with Crippen molar-refractivity contribution in [3.05, 3.63) is 53.7 Å². The first-order valence-corrected chi connectivity index (χ1v) is 14.6. The van der Waals surface area contributed by atoms with Crippen molar-refractivity contribution in [2.45, 2.75) is 63.5 Å². The molecule has 4 N–H and O–H groups in total. The number of nitrogens with one attached hydrogen (secondary N) is 2. The Bertz CT molecular complexity index is 1080. The van der Waals surface area contributed by atoms with Crippen LogP contribution in [-0.2, 0) is 17.6 Å². The molecule has 40 heavy (non-hydrogen) atoms. The van der Waals surface area contributed by atoms with E-state index in [0.29, 0.717) is 52.0 Å². The third-order valence-electron chi connectivity index (χ3n) is 7.61. The zero-order valence-corrected chi connectivity index (χ0v) is 23.3. The summed E-state index contributed by atoms with van der Waals surface area (Å²) in [5.74, 6) is 0.778. The smallest absolute Gasteiger partial charge is 0.326 e. The molecule has 1 aromatic carbocycles. The van der Waals surface area contributed by atoms with Crippen molar-refractivity contribution >= 4 is 17.8 Å². The highest BCUT2D eigenvalue weighted by atomic mass is 16.5. The van der Waals surface area contributed by atoms with Crippen LogP contribution in [0.4, 0.5) is 10.6 Å². The fourth-order valence-corrected chi connectivity index (χ4v) is 5.17. The lowest BCUT2D eigenvalue weighted by Crippen LogP contribution is -2.51. The standard InChI is InChI=1S/C30H43N5O5/c36-25-13-19-35(20-14-25)30(39)33-27(29(37)38)15-18-34(21-22-40-26-9-2-1-3-10-26)17-5-4-8-24-12-11-23-7-6-16-31-28(23)32-24/h1-3,9-12,25,27,36H,4-8,13-22H2,(H,31,32)(H,33,39)(H,37,38). The highest BCUT2D eigenvalue weighted by molar-refractivity contribution is 5.82. The number of aryl methyl sites for hydroxylation is 2. The van der Waals surface area contributed by atoms with E-state index in [1.807, 2.05) is 30.3 Å². The number of urea groups is 1. The number of para-hydroxylation sites is 1. The third kappa shape index (κ3) is 9.38. The Morgan fingerprint density at radius 3 is 2.67 bits per heavy atom. The fourth-order valence-electron chi connectivity index (χ4n) is 5.17. The predicted molar refractivity (Wildman–Crippen MR) is 154 cm³/mol. The molecule has 4 rings (SSSR count). The zero-order chi connectivity index (χ0) is 28.2. The van der Waals surface area contributed by atoms with Gasteiger partial charge in [0.2, 0.25) is 0 Å². The molecule has 0 radical (unpaired) electrons. The minimum atomic E-state index is -1.04. The molecular weight excluding hydrogens is 510 g/mol. The number of rotatable bonds is 14. The van der Waals surface area contributed by atoms with Gasteiger partial charge in [0.1, 0.15) is 24.2 Å². The quantitative estimate of drug-likeness (QED) is 0.263. The van der Waals surface area contributed by atoms with E-state index < -0.39 is 18.1 Å². The Hall–Kier alpha value is -3.37. The molecule has 218 valence electrons. The number of aliphatic hydroxyl groups is 1. The molecular formula is C30H43N5O5. The number of anilines is 1. The molecule has 1 aromatic heterocycles. The normalized spacial score (nSPS) is 16.2. The van der Waals surface area contributed by atoms with E-state index in [9.17, 15) is 19.8 Å². The van der Waals surface area contributed by atoms with Crippen LogP contribution in [0.3, 0.4) is 0 Å². The molecule has 0 bridgehead atoms. The van der Waals surface area contributed by atoms with Gasteiger partial charge in [-0.25, -0.2) is 14.6 Å². The van der Waals surface area contributed by atoms with E-state index in [1.54, 1.807) is 4.90 Å². The van der Waals surface area contributed by atoms with Gasteiger partial charge in [0, 0.05) is 38.4 Å². The Balaban J connectivity index is 1.27. The van der Waals surface area contributed by atoms with Crippen LogP contribution >= 0.6 is 0 Å². The molecule has 0 saturated carbocycles. The van der Waals surface area contributed by atoms with Gasteiger partial charge in [0.25, 0.3) is 0 Å². The lowest BCUT2D eigenvalue weighted by molar-refractivity contribution is -0.139. The van der Waals surface area contributed by atoms with Crippen LogP contribution in [0.25, 0.3) is 0 Å². The summed E-state index contributed by atoms with van der Waals surface area (Å²) in [5, 5.41) is 25.6. The number of amides is 2. The summed E-state index contributed by atoms with van der Waals surface area (Å²) in [4.78, 5) is 33.2. The number of carbonyl (C=O) groups excluding carboxylic acids is 1. The van der Waals surface area contributed by atoms with Crippen LogP contribution in [0, 0.1) is 0 Å². The van der Waals surface area contributed by atoms with Gasteiger partial charge >= 0.3 is 12.0 Å². The summed E-state index contributed by atoms with van der Waals surface area (Å²) in [7, 11) is 0. The lowest BCUT2D eigenvalue weighted by Gasteiger charge is -2.31. The van der Waals surface area contributed by atoms with Crippen molar-refractivity contribution < 1.29 is 24.5 Å². The number of benzene rings is 1. The summed E-state index contributed by atoms with van der Waals surface area (Å²) in [5.41, 5.74) is 2.38. The van der Waals surface area contributed by atoms with Gasteiger partial charge in [-0.1, -0.05) is 24.3 Å². The molecule has 1 atom stereocenters. The Morgan fingerprint density at radius 2 is 1.90 bits per heavy atom. The van der Waals surface area contributed by atoms with Gasteiger partial charge in [0.15, 0.2) is 0 Å². The van der Waals surface area contributed by atoms with Gasteiger partial charge in [-0.15, -0.1) is 0 Å². The molecule has 0 spiro atoms. The average molecular weight is 554 g/mol. The van der Waals surface area contributed by atoms with E-state index in [1.165, 1.54) is 5.56 Å². The monoisotopic (exact) mass is 553 g/mol. The fraction of sp³-hybridized carbons (Fsp3) is 0.567. The maximum atomic E-state index is 12.7. The second kappa shape index (κ2) is 15.4. The second-order valence-electron chi connectivity index (χ2n) is 10.6. The summed E-state index contributed by atoms with van der Waals surface area (Å²) >= 11 is 0. The van der Waals surface area contributed by atoms with Crippen molar-refractivity contribution in [3.8, 4) is 5.75 Å². The number of piperidine rings is 1. The number of aliphatic carboxylic acids is 1. The largest absolute Gasteiger partial charge is 0.492 e. The molecule has 2 aromatic rings. The van der Waals surface area contributed by atoms with Gasteiger partial charge in [-0.3, -0.25) is 4.90 Å². The maximum absolute atomic E-state index is 12.7. The minimum absolute atomic E-state index is 0.293. The van der Waals surface area contributed by atoms with Gasteiger partial charge < -0.3 is 30.5 Å². The van der Waals surface area contributed by atoms with Crippen molar-refractivity contribution in [1.29, 1.82) is 0 Å². The number of carboxylic acid groups (broad SMARTS) is 1. The van der Waals surface area contributed by atoms with Crippen LogP contribution < -0.4 is 15.4 Å². The molecule has 1 fully saturated rings. The van der Waals surface area contributed by atoms with E-state index in [2.05, 4.69) is 27.7 Å². The van der Waals surface area contributed by atoms with Gasteiger partial charge in [-0.05, 0) is 81.7 Å². The van der Waals surface area contributed by atoms with E-state index in [0.717, 1.165) is 62.5 Å². The van der Waals surface area contributed by atoms with E-state index >= 15 is 0 Å². The zero-order valence-electron chi connectivity index (χ0n) is 23.3. The highest BCUT2D eigenvalue weighted by Gasteiger charge is 2.26. The summed E-state index contributed by atoms with van der Waals surface area (Å²) in [6, 6.07) is 12.6. The van der Waals surface area contributed by atoms with Crippen LogP contribution in [0.5, 0.6) is 5.75 Å². The number of nitrogens with zero attached hydrogens (tertiary/aromatic N) is 3. The summed E-state index contributed by atoms with van der Waals surface area (Å²) < 4.78 is 5.90. The molecule has 3 heterocycles. The molecule has 2 aliphatic heterocycles. The topological polar surface area (TPSA) is 127 Å². The number of ether oxygens (including phenoxy) is 1. The molecule has 10 nitrogen and oxygen atoms in total. The molecule has 10 heteroatoms. The predicted octanol–water partition coefficient (Wildman–Crippen LogP) is 3.15. The molecule has 2 aliphatic rings. The van der Waals surface area contributed by atoms with Crippen LogP contribution in [0.2, 0.25) is 0 Å². The van der Waals surface area contributed by atoms with E-state index in [-0.39, 0.29) is 6.03 Å². The minimum Gasteiger partial charge on any atom is -0.492 e. The highest BCUT2D eigenvalue weighted by Crippen LogP contribution is 2.20. The van der Waals surface area contributed by atoms with Crippen molar-refractivity contribution in [2.75, 3.05) is 51.2 Å². The molecule has 0 aliphatic carbocycles. The summed E-state index contributed by atoms with van der Waals surface area (Å²) in [6.45, 7) is 4.29. The van der Waals surface area contributed by atoms with Crippen LogP contribution in [0.15, 0.2) is 42.5 Å². The maximum Gasteiger partial charge on any atom is 0.326 e. The number of hydrogen-bond donors (Lipinski definition) is 4. The Labute approximate surface area is 236 Å². The first-order valence-electron chi connectivity index (χ1n) is 14.6. The van der Waals surface area contributed by atoms with Crippen molar-refractivity contribution in [2.24, 2.45) is 0 Å². The number of hydrogen-bond acceptors (Lipinski definition) is 7. The first-order chi connectivity index (χ1) is 19.5. The van der Waals surface area contributed by atoms with Crippen molar-refractivity contribution in [1.82, 2.24) is 20.1 Å². The lowest BCUT2D eigenvalue weighted by atomic mass is 10.1. The van der Waals surface area contributed by atoms with Crippen LogP contribution in [-0.4, -0.2) is 95.0 Å².